The number of amides is 2. The van der Waals surface area contributed by atoms with Gasteiger partial charge in [0, 0.05) is 11.6 Å². The molecule has 0 bridgehead atoms. The lowest BCUT2D eigenvalue weighted by Gasteiger charge is -2.57. The average molecular weight is 689 g/mol. The molecule has 2 aliphatic carbocycles. The Morgan fingerprint density at radius 2 is 1.78 bits per heavy atom. The van der Waals surface area contributed by atoms with Gasteiger partial charge in [0.2, 0.25) is 0 Å². The third-order valence-electron chi connectivity index (χ3n) is 10.7. The van der Waals surface area contributed by atoms with E-state index in [1.807, 2.05) is 19.9 Å². The molecular formula is C41H56N2O7. The third-order valence-corrected chi connectivity index (χ3v) is 10.7. The maximum Gasteiger partial charge on any atom is 0.329 e. The van der Waals surface area contributed by atoms with Crippen LogP contribution in [-0.2, 0) is 30.3 Å². The first kappa shape index (κ1) is 38.7. The lowest BCUT2D eigenvalue weighted by atomic mass is 9.46. The first-order valence-electron chi connectivity index (χ1n) is 17.9. The van der Waals surface area contributed by atoms with Gasteiger partial charge in [0.15, 0.2) is 0 Å². The van der Waals surface area contributed by atoms with Crippen LogP contribution in [-0.4, -0.2) is 42.5 Å². The first-order valence-corrected chi connectivity index (χ1v) is 17.9. The van der Waals surface area contributed by atoms with E-state index in [9.17, 15) is 19.2 Å². The Hall–Kier alpha value is -4.14. The van der Waals surface area contributed by atoms with E-state index in [2.05, 4.69) is 31.1 Å². The van der Waals surface area contributed by atoms with Crippen LogP contribution in [0, 0.1) is 28.6 Å². The summed E-state index contributed by atoms with van der Waals surface area (Å²) in [7, 11) is 1.48. The van der Waals surface area contributed by atoms with Gasteiger partial charge in [-0.15, -0.1) is 0 Å². The average Bonchev–Trinajstić information content (AvgIpc) is 3.49. The molecule has 2 N–H and O–H groups in total. The number of methoxy groups -OCH3 is 1. The highest BCUT2D eigenvalue weighted by Crippen LogP contribution is 2.62. The summed E-state index contributed by atoms with van der Waals surface area (Å²) in [6, 6.07) is 9.57. The monoisotopic (exact) mass is 688 g/mol. The highest BCUT2D eigenvalue weighted by molar-refractivity contribution is 6.06. The van der Waals surface area contributed by atoms with Gasteiger partial charge in [-0.05, 0) is 120 Å². The fraction of sp³-hybridized carbons (Fsp3) is 0.561. The number of nitrogens with one attached hydrogen (secondary N) is 2. The summed E-state index contributed by atoms with van der Waals surface area (Å²) in [5.74, 6) is -0.889. The normalized spacial score (nSPS) is 24.6. The standard InChI is InChI=1S/C41H56N2O7/c1-26(2)24-32(37(46)50-39(4,5)6)43-36(45)31(42-35(44)29-14-11-10-12-15-29)25-33-28(20-23-49-33)17-18-30-27(3)16-19-34-40(30,7)21-13-22-41(34,8)38(47)48-9/h10-12,14-15,20,23,25-26,30,32,34H,3,13,16-19,21-22,24H2,1-2,4-9H3,(H,42,44)(H,43,45)/b31-25-/t30-,32?,34?,40+,41-/m0/s1. The van der Waals surface area contributed by atoms with E-state index < -0.39 is 34.8 Å². The van der Waals surface area contributed by atoms with Crippen LogP contribution >= 0.6 is 0 Å². The van der Waals surface area contributed by atoms with Crippen LogP contribution in [0.15, 0.2) is 64.9 Å². The number of fused-ring (bicyclic) bond motifs is 1. The molecule has 272 valence electrons. The SMILES string of the molecule is C=C1CCC2[C@](C)(CCC[C@]2(C)C(=O)OC)[C@H]1CCc1ccoc1/C=C(\NC(=O)c1ccccc1)C(=O)NC(CC(C)C)C(=O)OC(C)(C)C. The van der Waals surface area contributed by atoms with Crippen molar-refractivity contribution in [2.75, 3.05) is 7.11 Å². The molecule has 9 heteroatoms. The number of carbonyl (C=O) groups excluding carboxylic acids is 4. The Kier molecular flexibility index (Phi) is 12.2. The van der Waals surface area contributed by atoms with Gasteiger partial charge in [-0.2, -0.15) is 0 Å². The topological polar surface area (TPSA) is 124 Å². The Labute approximate surface area is 297 Å². The van der Waals surface area contributed by atoms with E-state index in [1.165, 1.54) is 18.8 Å². The molecule has 0 spiro atoms. The van der Waals surface area contributed by atoms with Gasteiger partial charge in [0.05, 0.1) is 18.8 Å². The Morgan fingerprint density at radius 1 is 1.08 bits per heavy atom. The van der Waals surface area contributed by atoms with Crippen LogP contribution in [0.1, 0.15) is 115 Å². The Morgan fingerprint density at radius 3 is 2.42 bits per heavy atom. The van der Waals surface area contributed by atoms with Crippen molar-refractivity contribution in [3.63, 3.8) is 0 Å². The molecule has 2 aromatic rings. The molecule has 1 aromatic carbocycles. The zero-order chi connectivity index (χ0) is 36.9. The molecule has 9 nitrogen and oxygen atoms in total. The molecule has 4 rings (SSSR count). The first-order chi connectivity index (χ1) is 23.5. The second-order valence-corrected chi connectivity index (χ2v) is 16.0. The zero-order valence-corrected chi connectivity index (χ0v) is 31.1. The van der Waals surface area contributed by atoms with Gasteiger partial charge in [-0.1, -0.05) is 57.5 Å². The molecule has 1 heterocycles. The lowest BCUT2D eigenvalue weighted by molar-refractivity contribution is -0.168. The predicted molar refractivity (Wildman–Crippen MR) is 194 cm³/mol. The van der Waals surface area contributed by atoms with Gasteiger partial charge in [-0.25, -0.2) is 4.79 Å². The number of hydrogen-bond donors (Lipinski definition) is 2. The van der Waals surface area contributed by atoms with Gasteiger partial charge in [0.25, 0.3) is 11.8 Å². The van der Waals surface area contributed by atoms with E-state index >= 15 is 0 Å². The van der Waals surface area contributed by atoms with Gasteiger partial charge in [-0.3, -0.25) is 14.4 Å². The van der Waals surface area contributed by atoms with Crippen LogP contribution in [0.5, 0.6) is 0 Å². The number of hydrogen-bond acceptors (Lipinski definition) is 7. The quantitative estimate of drug-likeness (QED) is 0.132. The number of allylic oxidation sites excluding steroid dienone is 1. The molecule has 2 aliphatic rings. The van der Waals surface area contributed by atoms with E-state index in [-0.39, 0.29) is 34.8 Å². The van der Waals surface area contributed by atoms with Crippen LogP contribution in [0.4, 0.5) is 0 Å². The number of carbonyl (C=O) groups is 4. The minimum absolute atomic E-state index is 0.0532. The van der Waals surface area contributed by atoms with Crippen molar-refractivity contribution in [2.45, 2.75) is 111 Å². The number of benzene rings is 1. The third kappa shape index (κ3) is 8.95. The van der Waals surface area contributed by atoms with Crippen molar-refractivity contribution in [3.05, 3.63) is 77.4 Å². The Bertz CT molecular complexity index is 1580. The maximum absolute atomic E-state index is 13.9. The Balaban J connectivity index is 1.62. The zero-order valence-electron chi connectivity index (χ0n) is 31.1. The number of rotatable bonds is 12. The summed E-state index contributed by atoms with van der Waals surface area (Å²) in [6.07, 6.45) is 9.44. The van der Waals surface area contributed by atoms with Crippen LogP contribution in [0.2, 0.25) is 0 Å². The highest BCUT2D eigenvalue weighted by atomic mass is 16.6. The second-order valence-electron chi connectivity index (χ2n) is 16.0. The van der Waals surface area contributed by atoms with Gasteiger partial charge < -0.3 is 24.5 Å². The number of esters is 2. The van der Waals surface area contributed by atoms with Crippen molar-refractivity contribution in [1.29, 1.82) is 0 Å². The molecule has 1 aromatic heterocycles. The molecule has 0 radical (unpaired) electrons. The summed E-state index contributed by atoms with van der Waals surface area (Å²) in [5.41, 5.74) is 1.02. The second kappa shape index (κ2) is 15.8. The van der Waals surface area contributed by atoms with Crippen molar-refractivity contribution < 1.29 is 33.1 Å². The van der Waals surface area contributed by atoms with E-state index in [0.717, 1.165) is 44.1 Å². The number of ether oxygens (including phenoxy) is 2. The fourth-order valence-electron chi connectivity index (χ4n) is 8.31. The smallest absolute Gasteiger partial charge is 0.329 e. The lowest BCUT2D eigenvalue weighted by Crippen LogP contribution is -2.53. The van der Waals surface area contributed by atoms with Gasteiger partial charge >= 0.3 is 11.9 Å². The fourth-order valence-corrected chi connectivity index (χ4v) is 8.31. The van der Waals surface area contributed by atoms with Gasteiger partial charge in [0.1, 0.15) is 23.1 Å². The summed E-state index contributed by atoms with van der Waals surface area (Å²) < 4.78 is 16.8. The summed E-state index contributed by atoms with van der Waals surface area (Å²) in [5, 5.41) is 5.58. The van der Waals surface area contributed by atoms with Crippen molar-refractivity contribution in [2.24, 2.45) is 28.6 Å². The molecule has 0 aliphatic heterocycles. The molecule has 2 unspecified atom stereocenters. The maximum atomic E-state index is 13.9. The minimum atomic E-state index is -0.924. The molecular weight excluding hydrogens is 632 g/mol. The van der Waals surface area contributed by atoms with E-state index in [0.29, 0.717) is 24.2 Å². The summed E-state index contributed by atoms with van der Waals surface area (Å²) in [4.78, 5) is 53.4. The molecule has 2 fully saturated rings. The summed E-state index contributed by atoms with van der Waals surface area (Å²) in [6.45, 7) is 18.1. The number of furan rings is 1. The van der Waals surface area contributed by atoms with Crippen LogP contribution in [0.3, 0.4) is 0 Å². The van der Waals surface area contributed by atoms with Crippen molar-refractivity contribution >= 4 is 29.8 Å². The van der Waals surface area contributed by atoms with Crippen LogP contribution < -0.4 is 10.6 Å². The van der Waals surface area contributed by atoms with E-state index in [4.69, 9.17) is 13.9 Å². The largest absolute Gasteiger partial charge is 0.469 e. The number of aryl methyl sites for hydroxylation is 1. The molecule has 2 saturated carbocycles. The highest BCUT2D eigenvalue weighted by Gasteiger charge is 2.57. The minimum Gasteiger partial charge on any atom is -0.469 e. The molecule has 0 saturated heterocycles. The van der Waals surface area contributed by atoms with Crippen molar-refractivity contribution in [1.82, 2.24) is 10.6 Å². The predicted octanol–water partition coefficient (Wildman–Crippen LogP) is 7.81. The molecule has 5 atom stereocenters. The van der Waals surface area contributed by atoms with E-state index in [1.54, 1.807) is 57.4 Å². The van der Waals surface area contributed by atoms with Crippen LogP contribution in [0.25, 0.3) is 6.08 Å². The molecule has 2 amide bonds. The summed E-state index contributed by atoms with van der Waals surface area (Å²) >= 11 is 0. The van der Waals surface area contributed by atoms with Crippen molar-refractivity contribution in [3.8, 4) is 0 Å². The molecule has 50 heavy (non-hydrogen) atoms.